The zero-order valence-electron chi connectivity index (χ0n) is 12.5. The maximum Gasteiger partial charge on any atom is 0.220 e. The molecule has 0 bridgehead atoms. The van der Waals surface area contributed by atoms with Gasteiger partial charge in [0.15, 0.2) is 0 Å². The first-order valence-corrected chi connectivity index (χ1v) is 7.89. The van der Waals surface area contributed by atoms with Crippen LogP contribution in [0.4, 0.5) is 4.39 Å². The third-order valence-corrected chi connectivity index (χ3v) is 4.29. The lowest BCUT2D eigenvalue weighted by Gasteiger charge is -2.16. The van der Waals surface area contributed by atoms with Crippen LogP contribution in [0, 0.1) is 5.82 Å². The van der Waals surface area contributed by atoms with Gasteiger partial charge in [0.25, 0.3) is 0 Å². The molecule has 0 unspecified atom stereocenters. The van der Waals surface area contributed by atoms with E-state index in [1.807, 2.05) is 12.1 Å². The van der Waals surface area contributed by atoms with Gasteiger partial charge in [-0.3, -0.25) is 4.79 Å². The highest BCUT2D eigenvalue weighted by Gasteiger charge is 2.44. The zero-order valence-corrected chi connectivity index (χ0v) is 12.5. The van der Waals surface area contributed by atoms with Gasteiger partial charge in [0.2, 0.25) is 5.91 Å². The molecule has 3 N–H and O–H groups in total. The minimum Gasteiger partial charge on any atom is -0.355 e. The van der Waals surface area contributed by atoms with E-state index in [0.29, 0.717) is 13.0 Å². The Morgan fingerprint density at radius 2 is 1.81 bits per heavy atom. The Balaban J connectivity index is 1.70. The average Bonchev–Trinajstić information content (AvgIpc) is 3.27. The van der Waals surface area contributed by atoms with Crippen LogP contribution in [-0.4, -0.2) is 19.0 Å². The van der Waals surface area contributed by atoms with Crippen molar-refractivity contribution in [2.24, 2.45) is 5.73 Å². The van der Waals surface area contributed by atoms with E-state index in [4.69, 9.17) is 5.73 Å². The minimum atomic E-state index is -0.212. The van der Waals surface area contributed by atoms with E-state index in [9.17, 15) is 9.18 Å². The first-order chi connectivity index (χ1) is 10.2. The lowest BCUT2D eigenvalue weighted by molar-refractivity contribution is -0.121. The van der Waals surface area contributed by atoms with E-state index in [2.05, 4.69) is 5.32 Å². The van der Waals surface area contributed by atoms with Crippen LogP contribution in [0.3, 0.4) is 0 Å². The second-order valence-electron chi connectivity index (χ2n) is 6.02. The van der Waals surface area contributed by atoms with Crippen LogP contribution in [0.1, 0.15) is 50.5 Å². The lowest BCUT2D eigenvalue weighted by atomic mass is 9.96. The van der Waals surface area contributed by atoms with Gasteiger partial charge in [-0.15, -0.1) is 0 Å². The molecule has 0 aliphatic heterocycles. The van der Waals surface area contributed by atoms with Crippen molar-refractivity contribution in [3.63, 3.8) is 0 Å². The number of hydrogen-bond donors (Lipinski definition) is 2. The van der Waals surface area contributed by atoms with Gasteiger partial charge in [0.05, 0.1) is 0 Å². The summed E-state index contributed by atoms with van der Waals surface area (Å²) in [6, 6.07) is 6.66. The highest BCUT2D eigenvalue weighted by molar-refractivity contribution is 5.76. The van der Waals surface area contributed by atoms with Crippen molar-refractivity contribution in [1.82, 2.24) is 5.32 Å². The Labute approximate surface area is 126 Å². The van der Waals surface area contributed by atoms with E-state index in [-0.39, 0.29) is 17.1 Å². The molecule has 0 atom stereocenters. The molecule has 2 rings (SSSR count). The Kier molecular flexibility index (Phi) is 5.74. The van der Waals surface area contributed by atoms with Crippen LogP contribution in [0.25, 0.3) is 0 Å². The van der Waals surface area contributed by atoms with E-state index in [1.165, 1.54) is 12.1 Å². The number of hydrogen-bond acceptors (Lipinski definition) is 2. The Bertz CT molecular complexity index is 454. The molecule has 0 saturated heterocycles. The molecule has 1 amide bonds. The van der Waals surface area contributed by atoms with Gasteiger partial charge >= 0.3 is 0 Å². The average molecular weight is 292 g/mol. The fourth-order valence-electron chi connectivity index (χ4n) is 2.66. The SMILES string of the molecule is NCCCCCCC(=O)NCC1(c2ccc(F)cc2)CC1. The molecule has 0 aromatic heterocycles. The summed E-state index contributed by atoms with van der Waals surface area (Å²) in [5.74, 6) is -0.0906. The molecule has 0 spiro atoms. The smallest absolute Gasteiger partial charge is 0.220 e. The molecule has 1 aliphatic rings. The first-order valence-electron chi connectivity index (χ1n) is 7.89. The molecular formula is C17H25FN2O. The fraction of sp³-hybridized carbons (Fsp3) is 0.588. The van der Waals surface area contributed by atoms with Crippen LogP contribution < -0.4 is 11.1 Å². The third kappa shape index (κ3) is 4.81. The second kappa shape index (κ2) is 7.55. The molecule has 1 aliphatic carbocycles. The molecule has 4 heteroatoms. The van der Waals surface area contributed by atoms with Gasteiger partial charge in [-0.25, -0.2) is 4.39 Å². The molecule has 116 valence electrons. The summed E-state index contributed by atoms with van der Waals surface area (Å²) < 4.78 is 13.0. The predicted molar refractivity (Wildman–Crippen MR) is 82.5 cm³/mol. The van der Waals surface area contributed by atoms with E-state index in [1.54, 1.807) is 0 Å². The first kappa shape index (κ1) is 16.0. The quantitative estimate of drug-likeness (QED) is 0.688. The summed E-state index contributed by atoms with van der Waals surface area (Å²) in [6.07, 6.45) is 6.84. The Morgan fingerprint density at radius 3 is 2.43 bits per heavy atom. The summed E-state index contributed by atoms with van der Waals surface area (Å²) >= 11 is 0. The molecule has 1 aromatic rings. The van der Waals surface area contributed by atoms with Gasteiger partial charge in [0.1, 0.15) is 5.82 Å². The standard InChI is InChI=1S/C17H25FN2O/c18-15-8-6-14(7-9-15)17(10-11-17)13-20-16(21)5-3-1-2-4-12-19/h6-9H,1-5,10-13,19H2,(H,20,21). The van der Waals surface area contributed by atoms with Crippen molar-refractivity contribution in [2.75, 3.05) is 13.1 Å². The second-order valence-corrected chi connectivity index (χ2v) is 6.02. The topological polar surface area (TPSA) is 55.1 Å². The van der Waals surface area contributed by atoms with Crippen molar-refractivity contribution < 1.29 is 9.18 Å². The molecule has 1 saturated carbocycles. The maximum atomic E-state index is 13.0. The highest BCUT2D eigenvalue weighted by Crippen LogP contribution is 2.47. The van der Waals surface area contributed by atoms with Gasteiger partial charge < -0.3 is 11.1 Å². The van der Waals surface area contributed by atoms with E-state index < -0.39 is 0 Å². The van der Waals surface area contributed by atoms with Gasteiger partial charge in [-0.05, 0) is 49.9 Å². The van der Waals surface area contributed by atoms with Crippen molar-refractivity contribution in [1.29, 1.82) is 0 Å². The maximum absolute atomic E-state index is 13.0. The summed E-state index contributed by atoms with van der Waals surface area (Å²) in [5.41, 5.74) is 6.61. The largest absolute Gasteiger partial charge is 0.355 e. The minimum absolute atomic E-state index is 0.0446. The molecule has 3 nitrogen and oxygen atoms in total. The number of benzene rings is 1. The highest BCUT2D eigenvalue weighted by atomic mass is 19.1. The monoisotopic (exact) mass is 292 g/mol. The van der Waals surface area contributed by atoms with Crippen LogP contribution in [-0.2, 0) is 10.2 Å². The van der Waals surface area contributed by atoms with E-state index >= 15 is 0 Å². The lowest BCUT2D eigenvalue weighted by Crippen LogP contribution is -2.32. The number of nitrogens with two attached hydrogens (primary N) is 1. The number of halogens is 1. The van der Waals surface area contributed by atoms with Crippen LogP contribution in [0.5, 0.6) is 0 Å². The predicted octanol–water partition coefficient (Wildman–Crippen LogP) is 2.88. The van der Waals surface area contributed by atoms with Crippen molar-refractivity contribution in [2.45, 2.75) is 50.4 Å². The molecule has 0 heterocycles. The number of carbonyl (C=O) groups is 1. The van der Waals surface area contributed by atoms with Crippen molar-refractivity contribution in [3.05, 3.63) is 35.6 Å². The van der Waals surface area contributed by atoms with Crippen LogP contribution in [0.15, 0.2) is 24.3 Å². The number of unbranched alkanes of at least 4 members (excludes halogenated alkanes) is 3. The molecular weight excluding hydrogens is 267 g/mol. The fourth-order valence-corrected chi connectivity index (χ4v) is 2.66. The van der Waals surface area contributed by atoms with Crippen molar-refractivity contribution in [3.8, 4) is 0 Å². The number of nitrogens with one attached hydrogen (secondary N) is 1. The van der Waals surface area contributed by atoms with Gasteiger partial charge in [-0.1, -0.05) is 25.0 Å². The molecule has 1 aromatic carbocycles. The summed E-state index contributed by atoms with van der Waals surface area (Å²) in [6.45, 7) is 1.40. The summed E-state index contributed by atoms with van der Waals surface area (Å²) in [4.78, 5) is 11.8. The Hall–Kier alpha value is -1.42. The number of carbonyl (C=O) groups excluding carboxylic acids is 1. The number of amides is 1. The summed E-state index contributed by atoms with van der Waals surface area (Å²) in [7, 11) is 0. The molecule has 0 radical (unpaired) electrons. The third-order valence-electron chi connectivity index (χ3n) is 4.29. The van der Waals surface area contributed by atoms with E-state index in [0.717, 1.165) is 50.6 Å². The van der Waals surface area contributed by atoms with Crippen LogP contribution >= 0.6 is 0 Å². The molecule has 1 fully saturated rings. The normalized spacial score (nSPS) is 15.7. The molecule has 21 heavy (non-hydrogen) atoms. The van der Waals surface area contributed by atoms with Crippen molar-refractivity contribution >= 4 is 5.91 Å². The zero-order chi connectivity index (χ0) is 15.1. The number of rotatable bonds is 9. The van der Waals surface area contributed by atoms with Crippen LogP contribution in [0.2, 0.25) is 0 Å². The van der Waals surface area contributed by atoms with Gasteiger partial charge in [-0.2, -0.15) is 0 Å². The van der Waals surface area contributed by atoms with Gasteiger partial charge in [0, 0.05) is 18.4 Å². The summed E-state index contributed by atoms with van der Waals surface area (Å²) in [5, 5.41) is 3.03. The Morgan fingerprint density at radius 1 is 1.14 bits per heavy atom.